The fourth-order valence-corrected chi connectivity index (χ4v) is 2.66. The maximum absolute atomic E-state index is 4.47. The number of piperazine rings is 1. The third kappa shape index (κ3) is 2.90. The lowest BCUT2D eigenvalue weighted by atomic mass is 10.2. The van der Waals surface area contributed by atoms with Crippen molar-refractivity contribution in [1.82, 2.24) is 24.6 Å². The van der Waals surface area contributed by atoms with Crippen molar-refractivity contribution >= 4 is 16.9 Å². The average Bonchev–Trinajstić information content (AvgIpc) is 2.87. The Morgan fingerprint density at radius 2 is 1.95 bits per heavy atom. The summed E-state index contributed by atoms with van der Waals surface area (Å²) in [6.45, 7) is 9.47. The summed E-state index contributed by atoms with van der Waals surface area (Å²) in [6.07, 6.45) is 5.79. The van der Waals surface area contributed by atoms with Crippen LogP contribution in [0.5, 0.6) is 0 Å². The lowest BCUT2D eigenvalue weighted by molar-refractivity contribution is 0.283. The fourth-order valence-electron chi connectivity index (χ4n) is 2.66. The zero-order chi connectivity index (χ0) is 14.8. The van der Waals surface area contributed by atoms with Crippen molar-refractivity contribution in [3.63, 3.8) is 0 Å². The maximum atomic E-state index is 4.47. The van der Waals surface area contributed by atoms with Crippen LogP contribution in [0, 0.1) is 0 Å². The van der Waals surface area contributed by atoms with E-state index in [0.717, 1.165) is 49.6 Å². The number of anilines is 1. The van der Waals surface area contributed by atoms with Gasteiger partial charge in [0.2, 0.25) is 0 Å². The van der Waals surface area contributed by atoms with Crippen molar-refractivity contribution in [3.05, 3.63) is 24.2 Å². The molecule has 0 amide bonds. The number of nitrogens with zero attached hydrogens (tertiary/aromatic N) is 6. The molecule has 112 valence electrons. The summed E-state index contributed by atoms with van der Waals surface area (Å²) >= 11 is 0. The summed E-state index contributed by atoms with van der Waals surface area (Å²) < 4.78 is 1.80. The van der Waals surface area contributed by atoms with E-state index in [4.69, 9.17) is 0 Å². The van der Waals surface area contributed by atoms with E-state index in [-0.39, 0.29) is 0 Å². The molecule has 1 fully saturated rings. The predicted octanol–water partition coefficient (Wildman–Crippen LogP) is 1.45. The number of allylic oxidation sites excluding steroid dienone is 1. The van der Waals surface area contributed by atoms with Gasteiger partial charge in [-0.3, -0.25) is 9.58 Å². The fraction of sp³-hybridized carbons (Fsp3) is 0.533. The first-order valence-corrected chi connectivity index (χ1v) is 7.38. The summed E-state index contributed by atoms with van der Waals surface area (Å²) in [6, 6.07) is 0. The Morgan fingerprint density at radius 1 is 1.19 bits per heavy atom. The van der Waals surface area contributed by atoms with E-state index < -0.39 is 0 Å². The first kappa shape index (κ1) is 14.0. The minimum Gasteiger partial charge on any atom is -0.353 e. The van der Waals surface area contributed by atoms with Crippen molar-refractivity contribution in [2.45, 2.75) is 13.8 Å². The van der Waals surface area contributed by atoms with E-state index in [1.807, 2.05) is 13.2 Å². The van der Waals surface area contributed by atoms with Gasteiger partial charge in [0.25, 0.3) is 0 Å². The molecule has 3 rings (SSSR count). The Balaban J connectivity index is 1.73. The van der Waals surface area contributed by atoms with Gasteiger partial charge in [0.15, 0.2) is 5.65 Å². The summed E-state index contributed by atoms with van der Waals surface area (Å²) in [5, 5.41) is 5.32. The summed E-state index contributed by atoms with van der Waals surface area (Å²) in [5.41, 5.74) is 2.28. The zero-order valence-electron chi connectivity index (χ0n) is 13.0. The largest absolute Gasteiger partial charge is 0.353 e. The van der Waals surface area contributed by atoms with Gasteiger partial charge in [0.05, 0.1) is 11.6 Å². The molecular weight excluding hydrogens is 264 g/mol. The quantitative estimate of drug-likeness (QED) is 0.799. The van der Waals surface area contributed by atoms with Gasteiger partial charge in [0, 0.05) is 39.8 Å². The van der Waals surface area contributed by atoms with Crippen molar-refractivity contribution in [3.8, 4) is 0 Å². The topological polar surface area (TPSA) is 50.1 Å². The molecule has 0 bridgehead atoms. The minimum atomic E-state index is 0.895. The third-order valence-electron chi connectivity index (χ3n) is 3.94. The van der Waals surface area contributed by atoms with Crippen LogP contribution < -0.4 is 4.90 Å². The number of aromatic nitrogens is 4. The molecular formula is C15H22N6. The second kappa shape index (κ2) is 5.81. The standard InChI is InChI=1S/C15H22N6/c1-12(2)4-5-20-6-8-21(9-7-20)15-13-10-18-19(3)14(13)16-11-17-15/h4,10-11H,5-9H2,1-3H3. The molecule has 0 spiro atoms. The third-order valence-corrected chi connectivity index (χ3v) is 3.94. The van der Waals surface area contributed by atoms with Gasteiger partial charge in [0.1, 0.15) is 12.1 Å². The molecule has 3 heterocycles. The Labute approximate surface area is 125 Å². The highest BCUT2D eigenvalue weighted by molar-refractivity contribution is 5.86. The van der Waals surface area contributed by atoms with Crippen LogP contribution in [0.3, 0.4) is 0 Å². The molecule has 2 aromatic rings. The summed E-state index contributed by atoms with van der Waals surface area (Å²) in [5.74, 6) is 1.01. The van der Waals surface area contributed by atoms with E-state index in [9.17, 15) is 0 Å². The van der Waals surface area contributed by atoms with Crippen LogP contribution in [0.25, 0.3) is 11.0 Å². The van der Waals surface area contributed by atoms with E-state index in [2.05, 4.69) is 44.8 Å². The first-order valence-electron chi connectivity index (χ1n) is 7.38. The molecule has 0 saturated carbocycles. The summed E-state index contributed by atoms with van der Waals surface area (Å²) in [7, 11) is 1.91. The second-order valence-electron chi connectivity index (χ2n) is 5.77. The zero-order valence-corrected chi connectivity index (χ0v) is 13.0. The molecule has 0 radical (unpaired) electrons. The van der Waals surface area contributed by atoms with E-state index in [1.165, 1.54) is 5.57 Å². The van der Waals surface area contributed by atoms with Crippen LogP contribution in [0.1, 0.15) is 13.8 Å². The number of hydrogen-bond acceptors (Lipinski definition) is 5. The van der Waals surface area contributed by atoms with Gasteiger partial charge < -0.3 is 4.90 Å². The van der Waals surface area contributed by atoms with Crippen LogP contribution in [-0.4, -0.2) is 57.4 Å². The molecule has 0 unspecified atom stereocenters. The van der Waals surface area contributed by atoms with Crippen LogP contribution in [0.4, 0.5) is 5.82 Å². The van der Waals surface area contributed by atoms with E-state index in [1.54, 1.807) is 11.0 Å². The normalized spacial score (nSPS) is 16.4. The van der Waals surface area contributed by atoms with Crippen LogP contribution in [0.15, 0.2) is 24.2 Å². The van der Waals surface area contributed by atoms with Crippen molar-refractivity contribution in [1.29, 1.82) is 0 Å². The van der Waals surface area contributed by atoms with E-state index >= 15 is 0 Å². The first-order chi connectivity index (χ1) is 10.1. The van der Waals surface area contributed by atoms with Gasteiger partial charge >= 0.3 is 0 Å². The summed E-state index contributed by atoms with van der Waals surface area (Å²) in [4.78, 5) is 13.6. The SMILES string of the molecule is CC(C)=CCN1CCN(c2ncnc3c2cnn3C)CC1. The van der Waals surface area contributed by atoms with Gasteiger partial charge in [-0.25, -0.2) is 9.97 Å². The molecule has 21 heavy (non-hydrogen) atoms. The average molecular weight is 286 g/mol. The minimum absolute atomic E-state index is 0.895. The van der Waals surface area contributed by atoms with Gasteiger partial charge in [-0.05, 0) is 13.8 Å². The molecule has 1 saturated heterocycles. The molecule has 6 heteroatoms. The van der Waals surface area contributed by atoms with Crippen LogP contribution in [-0.2, 0) is 7.05 Å². The highest BCUT2D eigenvalue weighted by Gasteiger charge is 2.20. The molecule has 1 aliphatic rings. The number of fused-ring (bicyclic) bond motifs is 1. The van der Waals surface area contributed by atoms with Crippen molar-refractivity contribution in [2.24, 2.45) is 7.05 Å². The molecule has 2 aromatic heterocycles. The molecule has 0 atom stereocenters. The maximum Gasteiger partial charge on any atom is 0.163 e. The molecule has 0 N–H and O–H groups in total. The molecule has 1 aliphatic heterocycles. The number of rotatable bonds is 3. The Kier molecular flexibility index (Phi) is 3.88. The molecule has 0 aliphatic carbocycles. The highest BCUT2D eigenvalue weighted by Crippen LogP contribution is 2.23. The second-order valence-corrected chi connectivity index (χ2v) is 5.77. The Morgan fingerprint density at radius 3 is 2.67 bits per heavy atom. The highest BCUT2D eigenvalue weighted by atomic mass is 15.3. The Bertz CT molecular complexity index is 647. The van der Waals surface area contributed by atoms with Gasteiger partial charge in [-0.2, -0.15) is 5.10 Å². The molecule has 0 aromatic carbocycles. The van der Waals surface area contributed by atoms with Crippen molar-refractivity contribution in [2.75, 3.05) is 37.6 Å². The van der Waals surface area contributed by atoms with Gasteiger partial charge in [-0.1, -0.05) is 11.6 Å². The van der Waals surface area contributed by atoms with Gasteiger partial charge in [-0.15, -0.1) is 0 Å². The predicted molar refractivity (Wildman–Crippen MR) is 84.4 cm³/mol. The number of hydrogen-bond donors (Lipinski definition) is 0. The van der Waals surface area contributed by atoms with Crippen LogP contribution >= 0.6 is 0 Å². The number of aryl methyl sites for hydroxylation is 1. The van der Waals surface area contributed by atoms with E-state index in [0.29, 0.717) is 0 Å². The lowest BCUT2D eigenvalue weighted by Gasteiger charge is -2.35. The van der Waals surface area contributed by atoms with Crippen molar-refractivity contribution < 1.29 is 0 Å². The Hall–Kier alpha value is -1.95. The smallest absolute Gasteiger partial charge is 0.163 e. The van der Waals surface area contributed by atoms with Crippen LogP contribution in [0.2, 0.25) is 0 Å². The lowest BCUT2D eigenvalue weighted by Crippen LogP contribution is -2.46. The monoisotopic (exact) mass is 286 g/mol. The molecule has 6 nitrogen and oxygen atoms in total.